The Labute approximate surface area is 126 Å². The molecule has 4 nitrogen and oxygen atoms in total. The number of benzene rings is 1. The lowest BCUT2D eigenvalue weighted by molar-refractivity contribution is -0.129. The molecule has 2 amide bonds. The van der Waals surface area contributed by atoms with Crippen molar-refractivity contribution < 1.29 is 9.59 Å². The van der Waals surface area contributed by atoms with Gasteiger partial charge in [-0.15, -0.1) is 0 Å². The topological polar surface area (TPSA) is 58.2 Å². The first-order chi connectivity index (χ1) is 10.3. The molecule has 1 aliphatic heterocycles. The number of nitrogens with one attached hydrogen (secondary N) is 2. The molecule has 2 N–H and O–H groups in total. The van der Waals surface area contributed by atoms with Crippen LogP contribution in [0.2, 0.25) is 0 Å². The van der Waals surface area contributed by atoms with Gasteiger partial charge in [0, 0.05) is 19.4 Å². The van der Waals surface area contributed by atoms with Crippen molar-refractivity contribution >= 4 is 11.8 Å². The Morgan fingerprint density at radius 2 is 1.67 bits per heavy atom. The van der Waals surface area contributed by atoms with Gasteiger partial charge in [-0.2, -0.15) is 0 Å². The highest BCUT2D eigenvalue weighted by molar-refractivity contribution is 5.87. The lowest BCUT2D eigenvalue weighted by Crippen LogP contribution is -2.48. The van der Waals surface area contributed by atoms with Crippen LogP contribution in [0.15, 0.2) is 30.3 Å². The lowest BCUT2D eigenvalue weighted by Gasteiger charge is -2.19. The molecule has 0 aromatic heterocycles. The molecule has 0 unspecified atom stereocenters. The molecule has 4 heteroatoms. The maximum Gasteiger partial charge on any atom is 0.242 e. The van der Waals surface area contributed by atoms with Crippen LogP contribution in [0.25, 0.3) is 0 Å². The van der Waals surface area contributed by atoms with Gasteiger partial charge in [0.2, 0.25) is 11.8 Å². The number of carbonyl (C=O) groups is 2. The normalized spacial score (nSPS) is 21.6. The molecule has 1 saturated heterocycles. The Kier molecular flexibility index (Phi) is 6.25. The van der Waals surface area contributed by atoms with E-state index in [4.69, 9.17) is 0 Å². The van der Waals surface area contributed by atoms with Gasteiger partial charge in [-0.05, 0) is 18.4 Å². The summed E-state index contributed by atoms with van der Waals surface area (Å²) in [7, 11) is 0. The van der Waals surface area contributed by atoms with Crippen molar-refractivity contribution in [1.82, 2.24) is 10.6 Å². The van der Waals surface area contributed by atoms with Gasteiger partial charge < -0.3 is 10.6 Å². The summed E-state index contributed by atoms with van der Waals surface area (Å²) in [5.41, 5.74) is 1.06. The maximum atomic E-state index is 12.3. The predicted octanol–water partition coefficient (Wildman–Crippen LogP) is 2.18. The largest absolute Gasteiger partial charge is 0.354 e. The van der Waals surface area contributed by atoms with Crippen LogP contribution in [0.5, 0.6) is 0 Å². The average molecular weight is 288 g/mol. The van der Waals surface area contributed by atoms with Gasteiger partial charge in [0.15, 0.2) is 0 Å². The molecule has 0 radical (unpaired) electrons. The minimum Gasteiger partial charge on any atom is -0.354 e. The number of hydrogen-bond acceptors (Lipinski definition) is 2. The summed E-state index contributed by atoms with van der Waals surface area (Å²) >= 11 is 0. The van der Waals surface area contributed by atoms with Gasteiger partial charge in [-0.1, -0.05) is 49.6 Å². The number of hydrogen-bond donors (Lipinski definition) is 2. The first-order valence-electron chi connectivity index (χ1n) is 7.87. The summed E-state index contributed by atoms with van der Waals surface area (Å²) in [6.45, 7) is 0.694. The van der Waals surface area contributed by atoms with Crippen LogP contribution in [-0.2, 0) is 16.0 Å². The van der Waals surface area contributed by atoms with E-state index in [2.05, 4.69) is 10.6 Å². The maximum absolute atomic E-state index is 12.3. The zero-order valence-corrected chi connectivity index (χ0v) is 12.4. The van der Waals surface area contributed by atoms with Gasteiger partial charge in [0.05, 0.1) is 0 Å². The van der Waals surface area contributed by atoms with Crippen molar-refractivity contribution in [3.63, 3.8) is 0 Å². The number of amides is 2. The Hall–Kier alpha value is -1.84. The van der Waals surface area contributed by atoms with Gasteiger partial charge >= 0.3 is 0 Å². The molecule has 1 aromatic rings. The third-order valence-electron chi connectivity index (χ3n) is 3.81. The molecular weight excluding hydrogens is 264 g/mol. The molecule has 1 aromatic carbocycles. The van der Waals surface area contributed by atoms with Crippen LogP contribution in [0.3, 0.4) is 0 Å². The van der Waals surface area contributed by atoms with Gasteiger partial charge in [-0.25, -0.2) is 0 Å². The molecule has 2 rings (SSSR count). The van der Waals surface area contributed by atoms with Gasteiger partial charge in [0.1, 0.15) is 6.04 Å². The van der Waals surface area contributed by atoms with E-state index in [1.807, 2.05) is 30.3 Å². The first kappa shape index (κ1) is 15.5. The van der Waals surface area contributed by atoms with Crippen LogP contribution in [0, 0.1) is 0 Å². The zero-order chi connectivity index (χ0) is 14.9. The lowest BCUT2D eigenvalue weighted by atomic mass is 10.0. The SMILES string of the molecule is O=C1CCCCCCCNC(=O)[C@H](Cc2ccccc2)N1. The molecule has 21 heavy (non-hydrogen) atoms. The van der Waals surface area contributed by atoms with Gasteiger partial charge in [-0.3, -0.25) is 9.59 Å². The molecule has 0 saturated carbocycles. The summed E-state index contributed by atoms with van der Waals surface area (Å²) < 4.78 is 0. The second-order valence-corrected chi connectivity index (χ2v) is 5.62. The van der Waals surface area contributed by atoms with Crippen LogP contribution < -0.4 is 10.6 Å². The van der Waals surface area contributed by atoms with E-state index in [0.717, 1.165) is 37.7 Å². The van der Waals surface area contributed by atoms with E-state index < -0.39 is 6.04 Å². The minimum absolute atomic E-state index is 0.0216. The zero-order valence-electron chi connectivity index (χ0n) is 12.4. The summed E-state index contributed by atoms with van der Waals surface area (Å²) in [4.78, 5) is 24.2. The van der Waals surface area contributed by atoms with Crippen molar-refractivity contribution in [3.8, 4) is 0 Å². The molecule has 1 aliphatic rings. The van der Waals surface area contributed by atoms with E-state index in [-0.39, 0.29) is 11.8 Å². The summed E-state index contributed by atoms with van der Waals surface area (Å²) in [6.07, 6.45) is 6.31. The second kappa shape index (κ2) is 8.45. The monoisotopic (exact) mass is 288 g/mol. The van der Waals surface area contributed by atoms with E-state index in [9.17, 15) is 9.59 Å². The predicted molar refractivity (Wildman–Crippen MR) is 82.8 cm³/mol. The number of carbonyl (C=O) groups excluding carboxylic acids is 2. The summed E-state index contributed by atoms with van der Waals surface area (Å²) in [6, 6.07) is 9.34. The molecule has 114 valence electrons. The Morgan fingerprint density at radius 1 is 0.952 bits per heavy atom. The molecular formula is C17H24N2O2. The Bertz CT molecular complexity index is 459. The van der Waals surface area contributed by atoms with Crippen molar-refractivity contribution in [1.29, 1.82) is 0 Å². The number of rotatable bonds is 2. The van der Waals surface area contributed by atoms with Crippen molar-refractivity contribution in [2.75, 3.05) is 6.54 Å². The van der Waals surface area contributed by atoms with E-state index in [0.29, 0.717) is 19.4 Å². The third kappa shape index (κ3) is 5.58. The van der Waals surface area contributed by atoms with Crippen molar-refractivity contribution in [3.05, 3.63) is 35.9 Å². The smallest absolute Gasteiger partial charge is 0.242 e. The molecule has 0 spiro atoms. The van der Waals surface area contributed by atoms with Crippen LogP contribution in [-0.4, -0.2) is 24.4 Å². The molecule has 1 heterocycles. The van der Waals surface area contributed by atoms with E-state index in [1.165, 1.54) is 0 Å². The fraction of sp³-hybridized carbons (Fsp3) is 0.529. The van der Waals surface area contributed by atoms with Gasteiger partial charge in [0.25, 0.3) is 0 Å². The van der Waals surface area contributed by atoms with Crippen LogP contribution >= 0.6 is 0 Å². The highest BCUT2D eigenvalue weighted by Gasteiger charge is 2.21. The third-order valence-corrected chi connectivity index (χ3v) is 3.81. The van der Waals surface area contributed by atoms with Crippen molar-refractivity contribution in [2.24, 2.45) is 0 Å². The average Bonchev–Trinajstić information content (AvgIpc) is 2.49. The highest BCUT2D eigenvalue weighted by Crippen LogP contribution is 2.08. The highest BCUT2D eigenvalue weighted by atomic mass is 16.2. The van der Waals surface area contributed by atoms with Crippen LogP contribution in [0.1, 0.15) is 44.1 Å². The van der Waals surface area contributed by atoms with E-state index in [1.54, 1.807) is 0 Å². The fourth-order valence-corrected chi connectivity index (χ4v) is 2.60. The Morgan fingerprint density at radius 3 is 2.48 bits per heavy atom. The first-order valence-corrected chi connectivity index (χ1v) is 7.87. The fourth-order valence-electron chi connectivity index (χ4n) is 2.60. The molecule has 0 bridgehead atoms. The standard InChI is InChI=1S/C17H24N2O2/c20-16-11-7-2-1-3-8-12-18-17(21)15(19-16)13-14-9-5-4-6-10-14/h4-6,9-10,15H,1-3,7-8,11-13H2,(H,18,21)(H,19,20)/t15-/m0/s1. The second-order valence-electron chi connectivity index (χ2n) is 5.62. The van der Waals surface area contributed by atoms with Crippen molar-refractivity contribution in [2.45, 2.75) is 51.0 Å². The van der Waals surface area contributed by atoms with Crippen LogP contribution in [0.4, 0.5) is 0 Å². The molecule has 1 atom stereocenters. The molecule has 1 fully saturated rings. The summed E-state index contributed by atoms with van der Waals surface area (Å²) in [5.74, 6) is -0.0977. The quantitative estimate of drug-likeness (QED) is 0.876. The minimum atomic E-state index is -0.473. The van der Waals surface area contributed by atoms with E-state index >= 15 is 0 Å². The molecule has 0 aliphatic carbocycles. The summed E-state index contributed by atoms with van der Waals surface area (Å²) in [5, 5.41) is 5.82. The Balaban J connectivity index is 2.01.